The van der Waals surface area contributed by atoms with Crippen LogP contribution in [-0.4, -0.2) is 29.2 Å². The van der Waals surface area contributed by atoms with Crippen molar-refractivity contribution in [1.29, 1.82) is 0 Å². The van der Waals surface area contributed by atoms with E-state index >= 15 is 4.39 Å². The number of halogens is 1. The van der Waals surface area contributed by atoms with Crippen molar-refractivity contribution >= 4 is 22.8 Å². The van der Waals surface area contributed by atoms with E-state index in [0.29, 0.717) is 18.1 Å². The molecule has 3 aromatic carbocycles. The zero-order chi connectivity index (χ0) is 32.4. The number of amides is 1. The van der Waals surface area contributed by atoms with Gasteiger partial charge in [-0.15, -0.1) is 0 Å². The summed E-state index contributed by atoms with van der Waals surface area (Å²) in [6.07, 6.45) is 2.56. The van der Waals surface area contributed by atoms with Gasteiger partial charge in [-0.25, -0.2) is 9.18 Å². The molecule has 0 radical (unpaired) electrons. The highest BCUT2D eigenvalue weighted by Gasteiger charge is 2.31. The largest absolute Gasteiger partial charge is 0.476 e. The Labute approximate surface area is 260 Å². The van der Waals surface area contributed by atoms with Gasteiger partial charge < -0.3 is 19.4 Å². The van der Waals surface area contributed by atoms with Gasteiger partial charge in [0, 0.05) is 23.6 Å². The normalized spacial score (nSPS) is 12.8. The highest BCUT2D eigenvalue weighted by Crippen LogP contribution is 2.30. The maximum Gasteiger partial charge on any atom is 0.349 e. The number of carbonyl (C=O) groups is 2. The van der Waals surface area contributed by atoms with E-state index in [2.05, 4.69) is 56.6 Å². The number of nitrogens with one attached hydrogen (secondary N) is 1. The third kappa shape index (κ3) is 7.50. The van der Waals surface area contributed by atoms with E-state index in [0.717, 1.165) is 34.1 Å². The number of ether oxygens (including phenoxy) is 2. The highest BCUT2D eigenvalue weighted by atomic mass is 19.1. The SMILES string of the molecule is COC(=O)C(C)(C)Oc1cccc(Cc2cn(CC(C)C)c3cc(C(=O)N[C@@H](C)c4cccc(C(C)(C)C)c4)c(F)cc23)c1. The lowest BCUT2D eigenvalue weighted by atomic mass is 9.85. The topological polar surface area (TPSA) is 69.6 Å². The molecule has 6 nitrogen and oxygen atoms in total. The minimum absolute atomic E-state index is 0.0198. The first-order valence-corrected chi connectivity index (χ1v) is 15.2. The average Bonchev–Trinajstić information content (AvgIpc) is 3.26. The summed E-state index contributed by atoms with van der Waals surface area (Å²) >= 11 is 0. The van der Waals surface area contributed by atoms with Gasteiger partial charge in [0.15, 0.2) is 5.60 Å². The minimum atomic E-state index is -1.15. The van der Waals surface area contributed by atoms with Gasteiger partial charge in [-0.3, -0.25) is 4.79 Å². The van der Waals surface area contributed by atoms with Crippen LogP contribution in [-0.2, 0) is 27.9 Å². The Morgan fingerprint density at radius 1 is 0.955 bits per heavy atom. The number of hydrogen-bond donors (Lipinski definition) is 1. The Kier molecular flexibility index (Phi) is 9.57. The fourth-order valence-electron chi connectivity index (χ4n) is 5.40. The van der Waals surface area contributed by atoms with Gasteiger partial charge in [-0.1, -0.05) is 71.0 Å². The van der Waals surface area contributed by atoms with Crippen LogP contribution in [0.15, 0.2) is 66.9 Å². The lowest BCUT2D eigenvalue weighted by Crippen LogP contribution is -2.39. The van der Waals surface area contributed by atoms with Crippen LogP contribution in [0.25, 0.3) is 10.9 Å². The summed E-state index contributed by atoms with van der Waals surface area (Å²) in [7, 11) is 1.33. The Hall–Kier alpha value is -4.13. The van der Waals surface area contributed by atoms with Crippen LogP contribution in [0.1, 0.15) is 94.0 Å². The van der Waals surface area contributed by atoms with E-state index < -0.39 is 23.3 Å². The quantitative estimate of drug-likeness (QED) is 0.187. The van der Waals surface area contributed by atoms with Crippen LogP contribution >= 0.6 is 0 Å². The summed E-state index contributed by atoms with van der Waals surface area (Å²) in [6, 6.07) is 18.5. The molecular weight excluding hydrogens is 555 g/mol. The Morgan fingerprint density at radius 2 is 1.66 bits per heavy atom. The van der Waals surface area contributed by atoms with Crippen molar-refractivity contribution in [3.05, 3.63) is 100 Å². The van der Waals surface area contributed by atoms with Gasteiger partial charge in [0.05, 0.1) is 18.7 Å². The lowest BCUT2D eigenvalue weighted by Gasteiger charge is -2.23. The first-order chi connectivity index (χ1) is 20.6. The number of nitrogens with zero attached hydrogens (tertiary/aromatic N) is 1. The molecule has 0 spiro atoms. The number of fused-ring (bicyclic) bond motifs is 1. The zero-order valence-corrected chi connectivity index (χ0v) is 27.4. The summed E-state index contributed by atoms with van der Waals surface area (Å²) in [4.78, 5) is 25.5. The van der Waals surface area contributed by atoms with Crippen LogP contribution in [0.2, 0.25) is 0 Å². The second-order valence-electron chi connectivity index (χ2n) is 13.5. The summed E-state index contributed by atoms with van der Waals surface area (Å²) in [5.74, 6) is -0.604. The van der Waals surface area contributed by atoms with Gasteiger partial charge in [0.1, 0.15) is 11.6 Å². The van der Waals surface area contributed by atoms with E-state index in [1.54, 1.807) is 26.0 Å². The molecule has 1 heterocycles. The molecule has 0 fully saturated rings. The molecule has 4 aromatic rings. The van der Waals surface area contributed by atoms with Crippen LogP contribution in [0.4, 0.5) is 4.39 Å². The average molecular weight is 601 g/mol. The molecule has 44 heavy (non-hydrogen) atoms. The van der Waals surface area contributed by atoms with E-state index in [1.165, 1.54) is 18.7 Å². The maximum atomic E-state index is 15.7. The van der Waals surface area contributed by atoms with Crippen molar-refractivity contribution in [2.45, 2.75) is 85.4 Å². The van der Waals surface area contributed by atoms with Crippen molar-refractivity contribution in [3.63, 3.8) is 0 Å². The molecule has 0 saturated carbocycles. The number of aromatic nitrogens is 1. The van der Waals surface area contributed by atoms with Crippen molar-refractivity contribution in [2.24, 2.45) is 5.92 Å². The van der Waals surface area contributed by atoms with E-state index in [1.807, 2.05) is 43.5 Å². The molecule has 0 bridgehead atoms. The van der Waals surface area contributed by atoms with Gasteiger partial charge >= 0.3 is 5.97 Å². The molecule has 0 aliphatic rings. The number of carbonyl (C=O) groups excluding carboxylic acids is 2. The second kappa shape index (κ2) is 12.8. The van der Waals surface area contributed by atoms with E-state index in [4.69, 9.17) is 9.47 Å². The smallest absolute Gasteiger partial charge is 0.349 e. The predicted molar refractivity (Wildman–Crippen MR) is 174 cm³/mol. The molecular formula is C37H45FN2O4. The first-order valence-electron chi connectivity index (χ1n) is 15.2. The zero-order valence-electron chi connectivity index (χ0n) is 27.4. The summed E-state index contributed by atoms with van der Waals surface area (Å²) in [6.45, 7) is 16.6. The monoisotopic (exact) mass is 600 g/mol. The van der Waals surface area contributed by atoms with Gasteiger partial charge in [-0.05, 0) is 85.0 Å². The fourth-order valence-corrected chi connectivity index (χ4v) is 5.40. The van der Waals surface area contributed by atoms with E-state index in [-0.39, 0.29) is 17.0 Å². The highest BCUT2D eigenvalue weighted by molar-refractivity contribution is 5.99. The molecule has 1 aromatic heterocycles. The predicted octanol–water partition coefficient (Wildman–Crippen LogP) is 8.15. The van der Waals surface area contributed by atoms with Crippen LogP contribution in [0.3, 0.4) is 0 Å². The fraction of sp³-hybridized carbons (Fsp3) is 0.405. The molecule has 0 unspecified atom stereocenters. The van der Waals surface area contributed by atoms with Crippen molar-refractivity contribution in [1.82, 2.24) is 9.88 Å². The Balaban J connectivity index is 1.64. The van der Waals surface area contributed by atoms with Gasteiger partial charge in [0.2, 0.25) is 0 Å². The van der Waals surface area contributed by atoms with E-state index in [9.17, 15) is 9.59 Å². The summed E-state index contributed by atoms with van der Waals surface area (Å²) < 4.78 is 28.6. The molecule has 234 valence electrons. The minimum Gasteiger partial charge on any atom is -0.476 e. The molecule has 1 N–H and O–H groups in total. The molecule has 4 rings (SSSR count). The van der Waals surface area contributed by atoms with Crippen LogP contribution in [0, 0.1) is 11.7 Å². The first kappa shape index (κ1) is 32.8. The number of rotatable bonds is 10. The standard InChI is InChI=1S/C37H45FN2O4/c1-23(2)21-40-22-27(16-25-12-10-15-29(17-25)44-37(7,8)35(42)43-9)30-19-32(38)31(20-33(30)40)34(41)39-24(3)26-13-11-14-28(18-26)36(4,5)6/h10-15,17-20,22-24H,16,21H2,1-9H3,(H,39,41)/t24-/m0/s1. The van der Waals surface area contributed by atoms with Crippen LogP contribution in [0.5, 0.6) is 5.75 Å². The molecule has 1 amide bonds. The van der Waals surface area contributed by atoms with Crippen molar-refractivity contribution in [2.75, 3.05) is 7.11 Å². The molecule has 7 heteroatoms. The summed E-state index contributed by atoms with van der Waals surface area (Å²) in [5, 5.41) is 3.76. The Bertz CT molecular complexity index is 1660. The third-order valence-corrected chi connectivity index (χ3v) is 7.80. The van der Waals surface area contributed by atoms with Crippen LogP contribution < -0.4 is 10.1 Å². The third-order valence-electron chi connectivity index (χ3n) is 7.80. The molecule has 0 aliphatic carbocycles. The second-order valence-corrected chi connectivity index (χ2v) is 13.5. The molecule has 0 aliphatic heterocycles. The number of methoxy groups -OCH3 is 1. The molecule has 0 saturated heterocycles. The van der Waals surface area contributed by atoms with Crippen molar-refractivity contribution < 1.29 is 23.5 Å². The van der Waals surface area contributed by atoms with Gasteiger partial charge in [0.25, 0.3) is 5.91 Å². The summed E-state index contributed by atoms with van der Waals surface area (Å²) in [5.41, 5.74) is 3.68. The number of hydrogen-bond acceptors (Lipinski definition) is 4. The van der Waals surface area contributed by atoms with Gasteiger partial charge in [-0.2, -0.15) is 0 Å². The number of benzene rings is 3. The number of esters is 1. The maximum absolute atomic E-state index is 15.7. The Morgan fingerprint density at radius 3 is 2.32 bits per heavy atom. The van der Waals surface area contributed by atoms with Crippen molar-refractivity contribution in [3.8, 4) is 5.75 Å². The lowest BCUT2D eigenvalue weighted by molar-refractivity contribution is -0.156. The molecule has 1 atom stereocenters.